The van der Waals surface area contributed by atoms with Gasteiger partial charge in [0.2, 0.25) is 0 Å². The predicted molar refractivity (Wildman–Crippen MR) is 395 cm³/mol. The minimum absolute atomic E-state index is 0.0816. The van der Waals surface area contributed by atoms with Crippen LogP contribution in [0.1, 0.15) is 356 Å². The maximum atomic E-state index is 13.1. The molecule has 0 radical (unpaired) electrons. The van der Waals surface area contributed by atoms with E-state index in [2.05, 4.69) is 90.2 Å². The molecule has 0 heterocycles. The van der Waals surface area contributed by atoms with Gasteiger partial charge in [-0.3, -0.25) is 37.3 Å². The molecule has 0 spiro atoms. The van der Waals surface area contributed by atoms with Gasteiger partial charge in [0.25, 0.3) is 0 Å². The Morgan fingerprint density at radius 2 is 0.608 bits per heavy atom. The molecular weight excluding hydrogens is 1270 g/mol. The summed E-state index contributed by atoms with van der Waals surface area (Å²) in [6, 6.07) is 0. The zero-order valence-electron chi connectivity index (χ0n) is 62.3. The van der Waals surface area contributed by atoms with Crippen molar-refractivity contribution in [3.63, 3.8) is 0 Å². The van der Waals surface area contributed by atoms with Crippen molar-refractivity contribution in [2.45, 2.75) is 374 Å². The third-order valence-electron chi connectivity index (χ3n) is 17.3. The monoisotopic (exact) mass is 1410 g/mol. The largest absolute Gasteiger partial charge is 0.472 e. The summed E-state index contributed by atoms with van der Waals surface area (Å²) in [7, 11) is -9.94. The van der Waals surface area contributed by atoms with E-state index in [4.69, 9.17) is 37.0 Å². The van der Waals surface area contributed by atoms with E-state index in [1.165, 1.54) is 135 Å². The Morgan fingerprint density at radius 1 is 0.340 bits per heavy atom. The quantitative estimate of drug-likeness (QED) is 0.0169. The van der Waals surface area contributed by atoms with Gasteiger partial charge in [-0.1, -0.05) is 302 Å². The van der Waals surface area contributed by atoms with Gasteiger partial charge < -0.3 is 33.8 Å². The molecule has 19 heteroatoms. The van der Waals surface area contributed by atoms with Gasteiger partial charge in [-0.25, -0.2) is 9.13 Å². The molecule has 0 amide bonds. The molecule has 0 aromatic carbocycles. The van der Waals surface area contributed by atoms with Gasteiger partial charge in [0.15, 0.2) is 12.2 Å². The van der Waals surface area contributed by atoms with Gasteiger partial charge in [-0.05, 0) is 88.9 Å². The lowest BCUT2D eigenvalue weighted by Gasteiger charge is -2.21. The van der Waals surface area contributed by atoms with Crippen LogP contribution >= 0.6 is 15.6 Å². The number of aliphatic hydroxyl groups is 1. The molecule has 0 bridgehead atoms. The smallest absolute Gasteiger partial charge is 0.462 e. The number of phosphoric ester groups is 2. The maximum Gasteiger partial charge on any atom is 0.472 e. The molecule has 0 aliphatic carbocycles. The Balaban J connectivity index is 5.30. The van der Waals surface area contributed by atoms with Gasteiger partial charge in [0.1, 0.15) is 19.3 Å². The fraction of sp³-hybridized carbons (Fsp3) is 0.846. The summed E-state index contributed by atoms with van der Waals surface area (Å²) in [5.41, 5.74) is 0. The number of rotatable bonds is 73. The number of ether oxygens (including phenoxy) is 4. The number of hydrogen-bond acceptors (Lipinski definition) is 15. The first-order valence-corrected chi connectivity index (χ1v) is 42.2. The van der Waals surface area contributed by atoms with Gasteiger partial charge in [0, 0.05) is 25.7 Å². The highest BCUT2D eigenvalue weighted by Crippen LogP contribution is 2.45. The first-order valence-electron chi connectivity index (χ1n) is 39.2. The number of carbonyl (C=O) groups is 4. The van der Waals surface area contributed by atoms with Gasteiger partial charge in [-0.2, -0.15) is 0 Å². The van der Waals surface area contributed by atoms with Crippen LogP contribution < -0.4 is 0 Å². The molecule has 17 nitrogen and oxygen atoms in total. The molecule has 568 valence electrons. The van der Waals surface area contributed by atoms with Gasteiger partial charge in [0.05, 0.1) is 26.4 Å². The number of hydrogen-bond donors (Lipinski definition) is 3. The average molecular weight is 1420 g/mol. The summed E-state index contributed by atoms with van der Waals surface area (Å²) in [4.78, 5) is 72.8. The normalized spacial score (nSPS) is 14.6. The van der Waals surface area contributed by atoms with Crippen LogP contribution in [0.5, 0.6) is 0 Å². The Bertz CT molecular complexity index is 2060. The molecule has 0 aliphatic heterocycles. The summed E-state index contributed by atoms with van der Waals surface area (Å²) >= 11 is 0. The standard InChI is InChI=1S/C78H144O17P2/c1-7-10-12-14-16-18-20-22-24-29-33-37-41-48-54-60-75(80)88-66-73(94-77(82)62-57-51-43-39-35-31-27-26-28-32-36-40-47-53-59-71(6)9-3)68-92-96(84,85)90-64-72(79)65-91-97(86,87)93-69-74(67-89-76(81)61-55-49-45-44-46-52-58-70(4)5)95-78(83)63-56-50-42-38-34-30-25-23-21-19-17-15-13-11-8-2/h18-25,70-74,79H,7-17,26-69H2,1-6H3,(H,84,85)(H,86,87)/b20-18-,21-19-,24-22-,25-23-/t71?,72-,73-,74-/m1/s1. The van der Waals surface area contributed by atoms with Crippen LogP contribution in [0.25, 0.3) is 0 Å². The lowest BCUT2D eigenvalue weighted by molar-refractivity contribution is -0.161. The molecule has 0 saturated heterocycles. The van der Waals surface area contributed by atoms with E-state index in [1.807, 2.05) is 0 Å². The Labute approximate surface area is 591 Å². The van der Waals surface area contributed by atoms with Crippen molar-refractivity contribution in [3.8, 4) is 0 Å². The van der Waals surface area contributed by atoms with E-state index < -0.39 is 97.5 Å². The topological polar surface area (TPSA) is 237 Å². The van der Waals surface area contributed by atoms with Gasteiger partial charge in [-0.15, -0.1) is 0 Å². The molecule has 0 fully saturated rings. The molecule has 97 heavy (non-hydrogen) atoms. The second-order valence-electron chi connectivity index (χ2n) is 27.4. The van der Waals surface area contributed by atoms with Crippen LogP contribution in [0.2, 0.25) is 0 Å². The molecule has 0 aliphatic rings. The molecule has 6 atom stereocenters. The molecule has 0 aromatic rings. The van der Waals surface area contributed by atoms with Crippen molar-refractivity contribution in [3.05, 3.63) is 48.6 Å². The highest BCUT2D eigenvalue weighted by molar-refractivity contribution is 7.47. The Kier molecular flexibility index (Phi) is 66.7. The van der Waals surface area contributed by atoms with Crippen molar-refractivity contribution in [1.29, 1.82) is 0 Å². The molecule has 0 aromatic heterocycles. The zero-order valence-corrected chi connectivity index (χ0v) is 64.1. The predicted octanol–water partition coefficient (Wildman–Crippen LogP) is 22.2. The maximum absolute atomic E-state index is 13.1. The number of allylic oxidation sites excluding steroid dienone is 8. The highest BCUT2D eigenvalue weighted by Gasteiger charge is 2.30. The van der Waals surface area contributed by atoms with Crippen LogP contribution in [-0.4, -0.2) is 96.7 Å². The highest BCUT2D eigenvalue weighted by atomic mass is 31.2. The van der Waals surface area contributed by atoms with E-state index in [1.54, 1.807) is 0 Å². The minimum atomic E-state index is -4.97. The summed E-state index contributed by atoms with van der Waals surface area (Å²) in [5, 5.41) is 10.6. The third kappa shape index (κ3) is 69.9. The van der Waals surface area contributed by atoms with E-state index >= 15 is 0 Å². The second-order valence-corrected chi connectivity index (χ2v) is 30.4. The number of phosphoric acid groups is 2. The molecule has 0 rings (SSSR count). The minimum Gasteiger partial charge on any atom is -0.462 e. The molecule has 3 unspecified atom stereocenters. The van der Waals surface area contributed by atoms with Crippen molar-refractivity contribution >= 4 is 39.5 Å². The van der Waals surface area contributed by atoms with Crippen LogP contribution in [0.4, 0.5) is 0 Å². The van der Waals surface area contributed by atoms with Crippen LogP contribution in [-0.2, 0) is 65.4 Å². The number of unbranched alkanes of at least 4 members (excludes halogenated alkanes) is 36. The van der Waals surface area contributed by atoms with Crippen LogP contribution in [0, 0.1) is 11.8 Å². The number of carbonyl (C=O) groups excluding carboxylic acids is 4. The van der Waals surface area contributed by atoms with Crippen LogP contribution in [0.15, 0.2) is 48.6 Å². The van der Waals surface area contributed by atoms with Crippen molar-refractivity contribution in [2.75, 3.05) is 39.6 Å². The fourth-order valence-electron chi connectivity index (χ4n) is 10.9. The Morgan fingerprint density at radius 3 is 0.918 bits per heavy atom. The van der Waals surface area contributed by atoms with Gasteiger partial charge >= 0.3 is 39.5 Å². The Hall–Kier alpha value is -2.98. The van der Waals surface area contributed by atoms with Crippen molar-refractivity contribution in [2.24, 2.45) is 11.8 Å². The van der Waals surface area contributed by atoms with E-state index in [0.717, 1.165) is 134 Å². The number of esters is 4. The first-order chi connectivity index (χ1) is 46.9. The SMILES string of the molecule is CCCCCC/C=C\C=C/CCCCCCCC(=O)OC[C@H](COP(=O)(O)OC[C@@H](O)COP(=O)(O)OC[C@@H](COC(=O)CCCCCCCCC(C)C)OC(=O)CCCCCCC/C=C\C=C/CCCCCC)OC(=O)CCCCCCCCCCCCCCCCC(C)CC. The first kappa shape index (κ1) is 94.0. The summed E-state index contributed by atoms with van der Waals surface area (Å²) in [6.07, 6.45) is 62.7. The van der Waals surface area contributed by atoms with Crippen LogP contribution in [0.3, 0.4) is 0 Å². The second kappa shape index (κ2) is 68.8. The molecule has 3 N–H and O–H groups in total. The average Bonchev–Trinajstić information content (AvgIpc) is 1.25. The number of aliphatic hydroxyl groups excluding tert-OH is 1. The zero-order chi connectivity index (χ0) is 71.4. The summed E-state index contributed by atoms with van der Waals surface area (Å²) in [5.74, 6) is -0.660. The summed E-state index contributed by atoms with van der Waals surface area (Å²) < 4.78 is 68.5. The van der Waals surface area contributed by atoms with E-state index in [0.29, 0.717) is 31.6 Å². The van der Waals surface area contributed by atoms with E-state index in [9.17, 15) is 43.2 Å². The van der Waals surface area contributed by atoms with Crippen molar-refractivity contribution < 1.29 is 80.2 Å². The third-order valence-corrected chi connectivity index (χ3v) is 19.2. The molecular formula is C78H144O17P2. The summed E-state index contributed by atoms with van der Waals surface area (Å²) in [6.45, 7) is 9.44. The fourth-order valence-corrected chi connectivity index (χ4v) is 12.5. The van der Waals surface area contributed by atoms with Crippen molar-refractivity contribution in [1.82, 2.24) is 0 Å². The van der Waals surface area contributed by atoms with E-state index in [-0.39, 0.29) is 25.7 Å². The molecule has 0 saturated carbocycles. The lowest BCUT2D eigenvalue weighted by atomic mass is 9.99. The lowest BCUT2D eigenvalue weighted by Crippen LogP contribution is -2.30.